The summed E-state index contributed by atoms with van der Waals surface area (Å²) >= 11 is 0. The first-order valence-corrected chi connectivity index (χ1v) is 7.52. The number of likely N-dealkylation sites (tertiary alicyclic amines) is 1. The summed E-state index contributed by atoms with van der Waals surface area (Å²) in [7, 11) is 0. The van der Waals surface area contributed by atoms with E-state index in [1.54, 1.807) is 41.5 Å². The van der Waals surface area contributed by atoms with Crippen LogP contribution in [0, 0.1) is 0 Å². The van der Waals surface area contributed by atoms with Gasteiger partial charge in [0.25, 0.3) is 0 Å². The number of hydrogen-bond acceptors (Lipinski definition) is 5. The highest BCUT2D eigenvalue weighted by atomic mass is 16.6. The van der Waals surface area contributed by atoms with Crippen LogP contribution in [0.2, 0.25) is 0 Å². The van der Waals surface area contributed by atoms with Gasteiger partial charge in [0.05, 0.1) is 18.7 Å². The Morgan fingerprint density at radius 1 is 1.14 bits per heavy atom. The molecule has 1 fully saturated rings. The maximum absolute atomic E-state index is 12.1. The van der Waals surface area contributed by atoms with Crippen LogP contribution < -0.4 is 5.32 Å². The lowest BCUT2D eigenvalue weighted by Gasteiger charge is -2.28. The van der Waals surface area contributed by atoms with Crippen molar-refractivity contribution >= 4 is 12.2 Å². The van der Waals surface area contributed by atoms with Crippen LogP contribution >= 0.6 is 0 Å². The molecule has 1 rings (SSSR count). The van der Waals surface area contributed by atoms with Crippen LogP contribution in [0.25, 0.3) is 0 Å². The van der Waals surface area contributed by atoms with Gasteiger partial charge in [0.1, 0.15) is 11.2 Å². The van der Waals surface area contributed by atoms with E-state index in [0.717, 1.165) is 0 Å². The van der Waals surface area contributed by atoms with Crippen LogP contribution in [0.4, 0.5) is 9.59 Å². The smallest absolute Gasteiger partial charge is 0.410 e. The van der Waals surface area contributed by atoms with Gasteiger partial charge in [-0.15, -0.1) is 0 Å². The van der Waals surface area contributed by atoms with Gasteiger partial charge in [-0.1, -0.05) is 0 Å². The molecule has 2 atom stereocenters. The molecule has 0 saturated carbocycles. The predicted octanol–water partition coefficient (Wildman–Crippen LogP) is 1.88. The fraction of sp³-hybridized carbons (Fsp3) is 0.867. The van der Waals surface area contributed by atoms with Gasteiger partial charge in [0, 0.05) is 6.54 Å². The lowest BCUT2D eigenvalue weighted by atomic mass is 10.2. The molecule has 1 saturated heterocycles. The van der Waals surface area contributed by atoms with Crippen LogP contribution in [0.5, 0.6) is 0 Å². The maximum atomic E-state index is 12.1. The highest BCUT2D eigenvalue weighted by Crippen LogP contribution is 2.21. The van der Waals surface area contributed by atoms with E-state index in [9.17, 15) is 14.7 Å². The molecule has 1 aliphatic heterocycles. The van der Waals surface area contributed by atoms with Crippen molar-refractivity contribution in [1.82, 2.24) is 10.2 Å². The van der Waals surface area contributed by atoms with Gasteiger partial charge in [-0.3, -0.25) is 0 Å². The zero-order valence-corrected chi connectivity index (χ0v) is 14.3. The molecule has 1 aliphatic rings. The summed E-state index contributed by atoms with van der Waals surface area (Å²) in [6.45, 7) is 11.1. The maximum Gasteiger partial charge on any atom is 0.410 e. The topological polar surface area (TPSA) is 88.1 Å². The number of nitrogens with zero attached hydrogens (tertiary/aromatic N) is 1. The number of aliphatic hydroxyl groups excluding tert-OH is 1. The average molecular weight is 316 g/mol. The largest absolute Gasteiger partial charge is 0.444 e. The van der Waals surface area contributed by atoms with Crippen molar-refractivity contribution in [2.75, 3.05) is 13.1 Å². The molecule has 2 N–H and O–H groups in total. The van der Waals surface area contributed by atoms with Gasteiger partial charge in [-0.2, -0.15) is 0 Å². The molecule has 0 unspecified atom stereocenters. The number of alkyl carbamates (subject to hydrolysis) is 1. The fourth-order valence-corrected chi connectivity index (χ4v) is 2.14. The minimum absolute atomic E-state index is 0.204. The molecular formula is C15H28N2O5. The number of carbonyl (C=O) groups is 2. The average Bonchev–Trinajstić information content (AvgIpc) is 2.63. The third kappa shape index (κ3) is 6.51. The summed E-state index contributed by atoms with van der Waals surface area (Å²) in [5.41, 5.74) is -1.18. The van der Waals surface area contributed by atoms with Crippen molar-refractivity contribution in [1.29, 1.82) is 0 Å². The first kappa shape index (κ1) is 18.5. The Morgan fingerprint density at radius 2 is 1.68 bits per heavy atom. The van der Waals surface area contributed by atoms with Crippen molar-refractivity contribution in [2.45, 2.75) is 71.3 Å². The summed E-state index contributed by atoms with van der Waals surface area (Å²) in [5.74, 6) is 0. The van der Waals surface area contributed by atoms with E-state index in [0.29, 0.717) is 6.42 Å². The summed E-state index contributed by atoms with van der Waals surface area (Å²) in [5, 5.41) is 12.4. The van der Waals surface area contributed by atoms with Gasteiger partial charge >= 0.3 is 12.2 Å². The van der Waals surface area contributed by atoms with E-state index in [1.165, 1.54) is 4.90 Å². The minimum Gasteiger partial charge on any atom is -0.444 e. The van der Waals surface area contributed by atoms with Crippen LogP contribution in [0.3, 0.4) is 0 Å². The molecule has 22 heavy (non-hydrogen) atoms. The van der Waals surface area contributed by atoms with Gasteiger partial charge in [0.2, 0.25) is 0 Å². The van der Waals surface area contributed by atoms with Gasteiger partial charge < -0.3 is 24.8 Å². The molecule has 2 amide bonds. The number of nitrogens with one attached hydrogen (secondary N) is 1. The first-order valence-electron chi connectivity index (χ1n) is 7.52. The predicted molar refractivity (Wildman–Crippen MR) is 81.6 cm³/mol. The second-order valence-electron chi connectivity index (χ2n) is 7.56. The third-order valence-electron chi connectivity index (χ3n) is 2.90. The highest BCUT2D eigenvalue weighted by Gasteiger charge is 2.37. The van der Waals surface area contributed by atoms with E-state index in [4.69, 9.17) is 9.47 Å². The zero-order valence-electron chi connectivity index (χ0n) is 14.3. The lowest BCUT2D eigenvalue weighted by molar-refractivity contribution is 0.0196. The molecule has 0 bridgehead atoms. The lowest BCUT2D eigenvalue weighted by Crippen LogP contribution is -2.46. The van der Waals surface area contributed by atoms with Crippen LogP contribution in [0.15, 0.2) is 0 Å². The molecule has 128 valence electrons. The van der Waals surface area contributed by atoms with Gasteiger partial charge in [-0.25, -0.2) is 9.59 Å². The quantitative estimate of drug-likeness (QED) is 0.812. The van der Waals surface area contributed by atoms with Crippen molar-refractivity contribution in [3.05, 3.63) is 0 Å². The van der Waals surface area contributed by atoms with Gasteiger partial charge in [-0.05, 0) is 48.0 Å². The molecule has 0 aromatic rings. The second-order valence-corrected chi connectivity index (χ2v) is 7.56. The summed E-state index contributed by atoms with van der Waals surface area (Å²) in [6.07, 6.45) is -1.24. The van der Waals surface area contributed by atoms with Crippen molar-refractivity contribution in [3.63, 3.8) is 0 Å². The van der Waals surface area contributed by atoms with Crippen LogP contribution in [-0.4, -0.2) is 58.6 Å². The third-order valence-corrected chi connectivity index (χ3v) is 2.90. The molecule has 7 heteroatoms. The number of amides is 2. The molecule has 0 spiro atoms. The monoisotopic (exact) mass is 316 g/mol. The van der Waals surface area contributed by atoms with Crippen molar-refractivity contribution in [2.24, 2.45) is 0 Å². The molecule has 0 radical (unpaired) electrons. The minimum atomic E-state index is -0.613. The Kier molecular flexibility index (Phi) is 5.67. The molecule has 1 heterocycles. The summed E-state index contributed by atoms with van der Waals surface area (Å²) in [4.78, 5) is 25.3. The van der Waals surface area contributed by atoms with Crippen LogP contribution in [-0.2, 0) is 9.47 Å². The van der Waals surface area contributed by atoms with E-state index < -0.39 is 29.5 Å². The molecule has 7 nitrogen and oxygen atoms in total. The number of ether oxygens (including phenoxy) is 2. The molecule has 0 aliphatic carbocycles. The highest BCUT2D eigenvalue weighted by molar-refractivity contribution is 5.70. The van der Waals surface area contributed by atoms with Crippen molar-refractivity contribution < 1.29 is 24.2 Å². The van der Waals surface area contributed by atoms with E-state index in [2.05, 4.69) is 5.32 Å². The van der Waals surface area contributed by atoms with Gasteiger partial charge in [0.15, 0.2) is 0 Å². The molecule has 0 aromatic carbocycles. The standard InChI is InChI=1S/C15H28N2O5/c1-14(2,3)21-12(19)16-8-10-7-11(18)9-17(10)13(20)22-15(4,5)6/h10-11,18H,7-9H2,1-6H3,(H,16,19)/t10-,11-/m0/s1. The Labute approximate surface area is 131 Å². The Hall–Kier alpha value is -1.50. The molecule has 0 aromatic heterocycles. The van der Waals surface area contributed by atoms with Crippen LogP contribution in [0.1, 0.15) is 48.0 Å². The van der Waals surface area contributed by atoms with E-state index >= 15 is 0 Å². The Morgan fingerprint density at radius 3 is 2.18 bits per heavy atom. The second kappa shape index (κ2) is 6.73. The summed E-state index contributed by atoms with van der Waals surface area (Å²) < 4.78 is 10.5. The number of hydrogen-bond donors (Lipinski definition) is 2. The van der Waals surface area contributed by atoms with E-state index in [1.807, 2.05) is 0 Å². The number of rotatable bonds is 2. The SMILES string of the molecule is CC(C)(C)OC(=O)NC[C@@H]1C[C@H](O)CN1C(=O)OC(C)(C)C. The molecular weight excluding hydrogens is 288 g/mol. The summed E-state index contributed by atoms with van der Waals surface area (Å²) in [6, 6.07) is -0.308. The van der Waals surface area contributed by atoms with Crippen molar-refractivity contribution in [3.8, 4) is 0 Å². The number of β-amino-alcohol motifs (C(OH)–C–C–N with tert-alkyl or cyclic N) is 1. The Bertz CT molecular complexity index is 411. The normalized spacial score (nSPS) is 22.4. The number of carbonyl (C=O) groups excluding carboxylic acids is 2. The number of aliphatic hydroxyl groups is 1. The fourth-order valence-electron chi connectivity index (χ4n) is 2.14. The zero-order chi connectivity index (χ0) is 17.1. The van der Waals surface area contributed by atoms with E-state index in [-0.39, 0.29) is 19.1 Å². The Balaban J connectivity index is 2.56. The first-order chi connectivity index (χ1) is 9.87.